The molecule has 0 radical (unpaired) electrons. The van der Waals surface area contributed by atoms with Gasteiger partial charge in [0, 0.05) is 41.4 Å². The van der Waals surface area contributed by atoms with Gasteiger partial charge in [0.2, 0.25) is 0 Å². The summed E-state index contributed by atoms with van der Waals surface area (Å²) < 4.78 is 11.6. The van der Waals surface area contributed by atoms with Gasteiger partial charge in [-0.15, -0.1) is 11.3 Å². The number of likely N-dealkylation sites (tertiary alicyclic amines) is 1. The minimum Gasteiger partial charge on any atom is -0.370 e. The van der Waals surface area contributed by atoms with Crippen LogP contribution < -0.4 is 0 Å². The summed E-state index contributed by atoms with van der Waals surface area (Å²) in [6.45, 7) is 9.29. The van der Waals surface area contributed by atoms with Gasteiger partial charge in [0.05, 0.1) is 17.9 Å². The largest absolute Gasteiger partial charge is 0.370 e. The number of thiophene rings is 1. The molecule has 1 saturated heterocycles. The number of ether oxygens (including phenoxy) is 1. The maximum Gasteiger partial charge on any atom is 0.133 e. The number of rotatable bonds is 3. The Labute approximate surface area is 147 Å². The van der Waals surface area contributed by atoms with Gasteiger partial charge in [0.25, 0.3) is 0 Å². The fourth-order valence-corrected chi connectivity index (χ4v) is 5.39. The van der Waals surface area contributed by atoms with E-state index in [0.717, 1.165) is 56.8 Å². The fraction of sp³-hybridized carbons (Fsp3) is 0.632. The fourth-order valence-electron chi connectivity index (χ4n) is 4.21. The molecule has 0 saturated carbocycles. The molecule has 4 rings (SSSR count). The highest BCUT2D eigenvalue weighted by Crippen LogP contribution is 2.46. The van der Waals surface area contributed by atoms with Crippen molar-refractivity contribution >= 4 is 11.3 Å². The quantitative estimate of drug-likeness (QED) is 0.840. The predicted octanol–water partition coefficient (Wildman–Crippen LogP) is 4.06. The first-order valence-corrected chi connectivity index (χ1v) is 9.83. The molecule has 4 heterocycles. The van der Waals surface area contributed by atoms with E-state index in [4.69, 9.17) is 9.26 Å². The third kappa shape index (κ3) is 2.83. The zero-order valence-electron chi connectivity index (χ0n) is 14.8. The van der Waals surface area contributed by atoms with E-state index in [1.807, 2.05) is 24.3 Å². The Kier molecular flexibility index (Phi) is 4.27. The standard InChI is InChI=1S/C19H26N2O2S/c1-4-16-10-17-18(24-16)5-8-22-19(17)6-7-21(13(2)11-19)12-15-9-14(3)23-20-15/h9-10,13H,4-8,11-12H2,1-3H3/t13-,19+/m0/s1. The van der Waals surface area contributed by atoms with Crippen molar-refractivity contribution in [3.05, 3.63) is 38.9 Å². The van der Waals surface area contributed by atoms with Crippen LogP contribution in [0.1, 0.15) is 53.5 Å². The Balaban J connectivity index is 1.53. The van der Waals surface area contributed by atoms with Gasteiger partial charge in [0.1, 0.15) is 5.76 Å². The van der Waals surface area contributed by atoms with Crippen LogP contribution in [0.3, 0.4) is 0 Å². The molecule has 0 aromatic carbocycles. The van der Waals surface area contributed by atoms with Crippen LogP contribution in [0.5, 0.6) is 0 Å². The summed E-state index contributed by atoms with van der Waals surface area (Å²) in [5.41, 5.74) is 2.46. The molecule has 0 aliphatic carbocycles. The number of nitrogens with zero attached hydrogens (tertiary/aromatic N) is 2. The molecule has 2 aliphatic rings. The summed E-state index contributed by atoms with van der Waals surface area (Å²) in [4.78, 5) is 5.57. The van der Waals surface area contributed by atoms with E-state index >= 15 is 0 Å². The highest BCUT2D eigenvalue weighted by atomic mass is 32.1. The summed E-state index contributed by atoms with van der Waals surface area (Å²) in [6, 6.07) is 4.94. The molecule has 0 unspecified atom stereocenters. The van der Waals surface area contributed by atoms with E-state index < -0.39 is 0 Å². The van der Waals surface area contributed by atoms with Gasteiger partial charge >= 0.3 is 0 Å². The SMILES string of the molecule is CCc1cc2c(s1)CCO[C@@]21CCN(Cc2cc(C)on2)[C@@H](C)C1. The summed E-state index contributed by atoms with van der Waals surface area (Å²) in [7, 11) is 0. The number of hydrogen-bond acceptors (Lipinski definition) is 5. The lowest BCUT2D eigenvalue weighted by atomic mass is 9.79. The van der Waals surface area contributed by atoms with Gasteiger partial charge in [-0.05, 0) is 44.7 Å². The molecule has 2 aliphatic heterocycles. The predicted molar refractivity (Wildman–Crippen MR) is 95.4 cm³/mol. The van der Waals surface area contributed by atoms with Crippen molar-refractivity contribution in [2.75, 3.05) is 13.2 Å². The van der Waals surface area contributed by atoms with Crippen LogP contribution in [-0.2, 0) is 29.7 Å². The van der Waals surface area contributed by atoms with Crippen molar-refractivity contribution in [3.8, 4) is 0 Å². The molecule has 0 amide bonds. The zero-order valence-corrected chi connectivity index (χ0v) is 15.6. The van der Waals surface area contributed by atoms with Crippen LogP contribution in [0.15, 0.2) is 16.7 Å². The van der Waals surface area contributed by atoms with E-state index in [0.29, 0.717) is 6.04 Å². The van der Waals surface area contributed by atoms with Crippen LogP contribution in [-0.4, -0.2) is 29.3 Å². The van der Waals surface area contributed by atoms with Gasteiger partial charge < -0.3 is 9.26 Å². The zero-order chi connectivity index (χ0) is 16.7. The molecule has 1 spiro atoms. The third-order valence-electron chi connectivity index (χ3n) is 5.50. The molecule has 2 atom stereocenters. The molecule has 24 heavy (non-hydrogen) atoms. The van der Waals surface area contributed by atoms with E-state index in [2.05, 4.69) is 30.0 Å². The normalized spacial score (nSPS) is 27.5. The smallest absolute Gasteiger partial charge is 0.133 e. The molecular weight excluding hydrogens is 320 g/mol. The molecule has 130 valence electrons. The van der Waals surface area contributed by atoms with E-state index in [1.54, 1.807) is 4.88 Å². The highest BCUT2D eigenvalue weighted by molar-refractivity contribution is 7.12. The Morgan fingerprint density at radius 1 is 1.42 bits per heavy atom. The van der Waals surface area contributed by atoms with Gasteiger partial charge in [-0.1, -0.05) is 12.1 Å². The Bertz CT molecular complexity index is 723. The second-order valence-corrected chi connectivity index (χ2v) is 8.42. The number of fused-ring (bicyclic) bond motifs is 2. The molecule has 1 fully saturated rings. The number of aromatic nitrogens is 1. The second kappa shape index (κ2) is 6.28. The molecule has 2 aromatic rings. The summed E-state index contributed by atoms with van der Waals surface area (Å²) in [5.74, 6) is 0.886. The minimum atomic E-state index is -0.0623. The van der Waals surface area contributed by atoms with Crippen molar-refractivity contribution < 1.29 is 9.26 Å². The number of piperidine rings is 1. The van der Waals surface area contributed by atoms with Crippen LogP contribution in [0.4, 0.5) is 0 Å². The monoisotopic (exact) mass is 346 g/mol. The first-order chi connectivity index (χ1) is 11.6. The molecule has 2 aromatic heterocycles. The van der Waals surface area contributed by atoms with E-state index in [1.165, 1.54) is 10.4 Å². The van der Waals surface area contributed by atoms with Gasteiger partial charge in [-0.3, -0.25) is 4.90 Å². The van der Waals surface area contributed by atoms with Gasteiger partial charge in [-0.2, -0.15) is 0 Å². The average Bonchev–Trinajstić information content (AvgIpc) is 3.17. The summed E-state index contributed by atoms with van der Waals surface area (Å²) in [5, 5.41) is 4.15. The van der Waals surface area contributed by atoms with Gasteiger partial charge in [0.15, 0.2) is 0 Å². The lowest BCUT2D eigenvalue weighted by Gasteiger charge is -2.47. The van der Waals surface area contributed by atoms with Crippen LogP contribution in [0, 0.1) is 6.92 Å². The second-order valence-electron chi connectivity index (χ2n) is 7.20. The third-order valence-corrected chi connectivity index (χ3v) is 6.84. The van der Waals surface area contributed by atoms with Crippen LogP contribution in [0.2, 0.25) is 0 Å². The van der Waals surface area contributed by atoms with Crippen molar-refractivity contribution in [1.29, 1.82) is 0 Å². The van der Waals surface area contributed by atoms with Gasteiger partial charge in [-0.25, -0.2) is 0 Å². The van der Waals surface area contributed by atoms with Crippen molar-refractivity contribution in [3.63, 3.8) is 0 Å². The molecule has 5 heteroatoms. The van der Waals surface area contributed by atoms with Crippen LogP contribution in [0.25, 0.3) is 0 Å². The lowest BCUT2D eigenvalue weighted by Crippen LogP contribution is -2.50. The molecule has 0 bridgehead atoms. The molecule has 0 N–H and O–H groups in total. The van der Waals surface area contributed by atoms with Crippen molar-refractivity contribution in [2.24, 2.45) is 0 Å². The average molecular weight is 346 g/mol. The lowest BCUT2D eigenvalue weighted by molar-refractivity contribution is -0.112. The first kappa shape index (κ1) is 16.3. The van der Waals surface area contributed by atoms with E-state index in [9.17, 15) is 0 Å². The first-order valence-electron chi connectivity index (χ1n) is 9.02. The molecule has 4 nitrogen and oxygen atoms in total. The number of hydrogen-bond donors (Lipinski definition) is 0. The van der Waals surface area contributed by atoms with Crippen molar-refractivity contribution in [1.82, 2.24) is 10.1 Å². The minimum absolute atomic E-state index is 0.0623. The maximum absolute atomic E-state index is 6.41. The Morgan fingerprint density at radius 3 is 3.00 bits per heavy atom. The summed E-state index contributed by atoms with van der Waals surface area (Å²) in [6.07, 6.45) is 4.34. The van der Waals surface area contributed by atoms with E-state index in [-0.39, 0.29) is 5.60 Å². The molecular formula is C19H26N2O2S. The maximum atomic E-state index is 6.41. The Morgan fingerprint density at radius 2 is 2.29 bits per heavy atom. The Hall–Kier alpha value is -1.17. The van der Waals surface area contributed by atoms with Crippen molar-refractivity contribution in [2.45, 2.75) is 64.6 Å². The summed E-state index contributed by atoms with van der Waals surface area (Å²) >= 11 is 1.99. The highest BCUT2D eigenvalue weighted by Gasteiger charge is 2.44. The number of aryl methyl sites for hydroxylation is 2. The topological polar surface area (TPSA) is 38.5 Å². The van der Waals surface area contributed by atoms with Crippen LogP contribution >= 0.6 is 11.3 Å².